The number of anilines is 1. The molecule has 1 aliphatic rings. The smallest absolute Gasteiger partial charge is 0.132 e. The van der Waals surface area contributed by atoms with E-state index in [-0.39, 0.29) is 5.82 Å². The summed E-state index contributed by atoms with van der Waals surface area (Å²) in [5.41, 5.74) is 1.22. The number of nitrogens with zero attached hydrogens (tertiary/aromatic N) is 2. The van der Waals surface area contributed by atoms with Crippen LogP contribution in [0.15, 0.2) is 36.5 Å². The van der Waals surface area contributed by atoms with Crippen LogP contribution in [0.4, 0.5) is 14.6 Å². The summed E-state index contributed by atoms with van der Waals surface area (Å²) in [6.45, 7) is 4.64. The molecule has 0 radical (unpaired) electrons. The van der Waals surface area contributed by atoms with Crippen LogP contribution in [0.3, 0.4) is 0 Å². The maximum Gasteiger partial charge on any atom is 0.132 e. The van der Waals surface area contributed by atoms with Crippen molar-refractivity contribution in [2.24, 2.45) is 0 Å². The van der Waals surface area contributed by atoms with E-state index < -0.39 is 5.67 Å². The lowest BCUT2D eigenvalue weighted by molar-refractivity contribution is 0.221. The maximum absolute atomic E-state index is 14.1. The number of pyridine rings is 1. The predicted molar refractivity (Wildman–Crippen MR) is 85.4 cm³/mol. The van der Waals surface area contributed by atoms with E-state index in [1.54, 1.807) is 25.3 Å². The molecule has 4 heteroatoms. The largest absolute Gasteiger partial charge is 0.353 e. The van der Waals surface area contributed by atoms with Gasteiger partial charge in [-0.3, -0.25) is 0 Å². The predicted octanol–water partition coefficient (Wildman–Crippen LogP) is 4.39. The van der Waals surface area contributed by atoms with E-state index >= 15 is 0 Å². The van der Waals surface area contributed by atoms with Gasteiger partial charge in [-0.1, -0.05) is 25.1 Å². The Labute approximate surface area is 129 Å². The molecule has 1 aromatic heterocycles. The Morgan fingerprint density at radius 1 is 1.23 bits per heavy atom. The molecule has 1 saturated heterocycles. The first-order valence-electron chi connectivity index (χ1n) is 7.68. The zero-order valence-corrected chi connectivity index (χ0v) is 12.9. The standard InChI is InChI=1S/C18H20F2N2/c1-3-13-14(15-6-4-5-7-16(15)19)8-10-21-17(13)22-11-9-18(2,20)12-22/h4-8,10H,3,9,11-12H2,1-2H3. The minimum atomic E-state index is -1.18. The van der Waals surface area contributed by atoms with Crippen LogP contribution in [0.5, 0.6) is 0 Å². The molecular weight excluding hydrogens is 282 g/mol. The SMILES string of the molecule is CCc1c(-c2ccccc2F)ccnc1N1CCC(C)(F)C1. The molecule has 2 heterocycles. The first-order valence-corrected chi connectivity index (χ1v) is 7.68. The molecule has 2 aromatic rings. The van der Waals surface area contributed by atoms with Gasteiger partial charge in [-0.25, -0.2) is 13.8 Å². The van der Waals surface area contributed by atoms with Gasteiger partial charge < -0.3 is 4.90 Å². The average molecular weight is 302 g/mol. The minimum absolute atomic E-state index is 0.244. The maximum atomic E-state index is 14.1. The highest BCUT2D eigenvalue weighted by Gasteiger charge is 2.35. The number of aromatic nitrogens is 1. The van der Waals surface area contributed by atoms with Gasteiger partial charge in [0.05, 0.1) is 6.54 Å². The van der Waals surface area contributed by atoms with Gasteiger partial charge in [0.1, 0.15) is 17.3 Å². The van der Waals surface area contributed by atoms with Crippen molar-refractivity contribution < 1.29 is 8.78 Å². The van der Waals surface area contributed by atoms with Crippen molar-refractivity contribution in [3.05, 3.63) is 47.9 Å². The molecule has 2 nitrogen and oxygen atoms in total. The molecule has 1 aliphatic heterocycles. The molecule has 0 saturated carbocycles. The van der Waals surface area contributed by atoms with Crippen LogP contribution in [-0.2, 0) is 6.42 Å². The van der Waals surface area contributed by atoms with Crippen LogP contribution in [-0.4, -0.2) is 23.7 Å². The lowest BCUT2D eigenvalue weighted by Crippen LogP contribution is -2.27. The fourth-order valence-corrected chi connectivity index (χ4v) is 3.14. The molecule has 1 atom stereocenters. The van der Waals surface area contributed by atoms with E-state index in [1.807, 2.05) is 24.0 Å². The number of halogens is 2. The van der Waals surface area contributed by atoms with Crippen molar-refractivity contribution in [3.63, 3.8) is 0 Å². The zero-order chi connectivity index (χ0) is 15.7. The summed E-state index contributed by atoms with van der Waals surface area (Å²) in [5.74, 6) is 0.538. The summed E-state index contributed by atoms with van der Waals surface area (Å²) in [6, 6.07) is 8.58. The van der Waals surface area contributed by atoms with Crippen molar-refractivity contribution in [2.75, 3.05) is 18.0 Å². The lowest BCUT2D eigenvalue weighted by atomic mass is 9.98. The molecule has 0 bridgehead atoms. The van der Waals surface area contributed by atoms with Crippen LogP contribution in [0.1, 0.15) is 25.8 Å². The summed E-state index contributed by atoms with van der Waals surface area (Å²) < 4.78 is 28.3. The topological polar surface area (TPSA) is 16.1 Å². The zero-order valence-electron chi connectivity index (χ0n) is 12.9. The average Bonchev–Trinajstić information content (AvgIpc) is 2.87. The number of rotatable bonds is 3. The number of hydrogen-bond donors (Lipinski definition) is 0. The van der Waals surface area contributed by atoms with Crippen molar-refractivity contribution in [1.29, 1.82) is 0 Å². The van der Waals surface area contributed by atoms with E-state index in [0.717, 1.165) is 23.4 Å². The van der Waals surface area contributed by atoms with Gasteiger partial charge in [-0.15, -0.1) is 0 Å². The van der Waals surface area contributed by atoms with Crippen LogP contribution in [0.25, 0.3) is 11.1 Å². The minimum Gasteiger partial charge on any atom is -0.353 e. The van der Waals surface area contributed by atoms with Crippen molar-refractivity contribution in [2.45, 2.75) is 32.4 Å². The second kappa shape index (κ2) is 5.67. The molecule has 0 aliphatic carbocycles. The van der Waals surface area contributed by atoms with Gasteiger partial charge in [0.25, 0.3) is 0 Å². The Bertz CT molecular complexity index is 683. The van der Waals surface area contributed by atoms with E-state index in [4.69, 9.17) is 0 Å². The van der Waals surface area contributed by atoms with Crippen LogP contribution >= 0.6 is 0 Å². The summed E-state index contributed by atoms with van der Waals surface area (Å²) >= 11 is 0. The summed E-state index contributed by atoms with van der Waals surface area (Å²) in [6.07, 6.45) is 2.91. The molecule has 1 unspecified atom stereocenters. The quantitative estimate of drug-likeness (QED) is 0.836. The van der Waals surface area contributed by atoms with Crippen molar-refractivity contribution >= 4 is 5.82 Å². The van der Waals surface area contributed by atoms with Crippen LogP contribution in [0, 0.1) is 5.82 Å². The Balaban J connectivity index is 2.07. The second-order valence-electron chi connectivity index (χ2n) is 6.08. The van der Waals surface area contributed by atoms with Crippen LogP contribution < -0.4 is 4.90 Å². The molecule has 1 aromatic carbocycles. The summed E-state index contributed by atoms with van der Waals surface area (Å²) in [5, 5.41) is 0. The number of hydrogen-bond acceptors (Lipinski definition) is 2. The molecular formula is C18H20F2N2. The van der Waals surface area contributed by atoms with Gasteiger partial charge in [-0.2, -0.15) is 0 Å². The van der Waals surface area contributed by atoms with E-state index in [9.17, 15) is 8.78 Å². The third-order valence-electron chi connectivity index (χ3n) is 4.27. The third-order valence-corrected chi connectivity index (χ3v) is 4.27. The Hall–Kier alpha value is -1.97. The Morgan fingerprint density at radius 3 is 2.64 bits per heavy atom. The summed E-state index contributed by atoms with van der Waals surface area (Å²) in [4.78, 5) is 6.43. The summed E-state index contributed by atoms with van der Waals surface area (Å²) in [7, 11) is 0. The monoisotopic (exact) mass is 302 g/mol. The van der Waals surface area contributed by atoms with Crippen molar-refractivity contribution in [3.8, 4) is 11.1 Å². The molecule has 0 amide bonds. The van der Waals surface area contributed by atoms with E-state index in [1.165, 1.54) is 6.07 Å². The van der Waals surface area contributed by atoms with Gasteiger partial charge in [0, 0.05) is 30.3 Å². The Morgan fingerprint density at radius 2 is 2.00 bits per heavy atom. The fourth-order valence-electron chi connectivity index (χ4n) is 3.14. The van der Waals surface area contributed by atoms with Crippen LogP contribution in [0.2, 0.25) is 0 Å². The van der Waals surface area contributed by atoms with Gasteiger partial charge in [0.2, 0.25) is 0 Å². The first kappa shape index (κ1) is 14.9. The van der Waals surface area contributed by atoms with Gasteiger partial charge in [0.15, 0.2) is 0 Å². The number of benzene rings is 1. The second-order valence-corrected chi connectivity index (χ2v) is 6.08. The number of alkyl halides is 1. The highest BCUT2D eigenvalue weighted by Crippen LogP contribution is 2.35. The third kappa shape index (κ3) is 2.70. The van der Waals surface area contributed by atoms with Gasteiger partial charge in [-0.05, 0) is 31.0 Å². The van der Waals surface area contributed by atoms with Crippen molar-refractivity contribution in [1.82, 2.24) is 4.98 Å². The molecule has 1 fully saturated rings. The molecule has 22 heavy (non-hydrogen) atoms. The lowest BCUT2D eigenvalue weighted by Gasteiger charge is -2.23. The molecule has 3 rings (SSSR count). The molecule has 116 valence electrons. The fraction of sp³-hybridized carbons (Fsp3) is 0.389. The molecule has 0 spiro atoms. The first-order chi connectivity index (χ1) is 10.5. The van der Waals surface area contributed by atoms with Gasteiger partial charge >= 0.3 is 0 Å². The highest BCUT2D eigenvalue weighted by molar-refractivity contribution is 5.73. The Kier molecular flexibility index (Phi) is 3.85. The molecule has 0 N–H and O–H groups in total. The highest BCUT2D eigenvalue weighted by atomic mass is 19.1. The van der Waals surface area contributed by atoms with E-state index in [0.29, 0.717) is 25.1 Å². The normalized spacial score (nSPS) is 21.4. The van der Waals surface area contributed by atoms with E-state index in [2.05, 4.69) is 4.98 Å².